The van der Waals surface area contributed by atoms with Crippen molar-refractivity contribution in [3.05, 3.63) is 24.3 Å². The first-order valence-corrected chi connectivity index (χ1v) is 12.7. The van der Waals surface area contributed by atoms with Gasteiger partial charge in [0.15, 0.2) is 0 Å². The minimum absolute atomic E-state index is 0.0183. The standard InChI is InChI=1S/C24H34N2O5S/c1-3-9-16(2)25-13-8-11-24-19(18-17(32-24)10-7-15-31-23(18)30)21(28)26(20(24)22(25)29)12-5-4-6-14-27/h7-8,10-11,16-20,27H,3-6,9,12-15H2,1-2H3/t16?,17-,18+,19+,20?,24+/m1/s1. The highest BCUT2D eigenvalue weighted by Crippen LogP contribution is 2.60. The molecular weight excluding hydrogens is 428 g/mol. The Morgan fingerprint density at radius 3 is 2.78 bits per heavy atom. The fraction of sp³-hybridized carbons (Fsp3) is 0.708. The van der Waals surface area contributed by atoms with Crippen LogP contribution in [-0.2, 0) is 19.1 Å². The molecule has 0 radical (unpaired) electrons. The van der Waals surface area contributed by atoms with Gasteiger partial charge in [0.05, 0.1) is 16.6 Å². The average molecular weight is 463 g/mol. The van der Waals surface area contributed by atoms with Gasteiger partial charge < -0.3 is 19.6 Å². The first-order valence-electron chi connectivity index (χ1n) is 11.9. The number of hydrogen-bond acceptors (Lipinski definition) is 6. The van der Waals surface area contributed by atoms with Crippen molar-refractivity contribution in [3.8, 4) is 0 Å². The molecule has 1 spiro atoms. The molecule has 176 valence electrons. The summed E-state index contributed by atoms with van der Waals surface area (Å²) in [6, 6.07) is -0.537. The van der Waals surface area contributed by atoms with Gasteiger partial charge in [0, 0.05) is 31.0 Å². The molecule has 6 atom stereocenters. The molecule has 4 heterocycles. The molecule has 4 rings (SSSR count). The largest absolute Gasteiger partial charge is 0.461 e. The van der Waals surface area contributed by atoms with E-state index >= 15 is 0 Å². The van der Waals surface area contributed by atoms with Crippen molar-refractivity contribution in [3.63, 3.8) is 0 Å². The first-order chi connectivity index (χ1) is 15.5. The Morgan fingerprint density at radius 2 is 2.03 bits per heavy atom. The molecule has 0 aromatic carbocycles. The lowest BCUT2D eigenvalue weighted by Gasteiger charge is -2.37. The molecule has 8 heteroatoms. The van der Waals surface area contributed by atoms with Crippen LogP contribution in [0.2, 0.25) is 0 Å². The zero-order valence-corrected chi connectivity index (χ0v) is 19.8. The van der Waals surface area contributed by atoms with E-state index in [0.29, 0.717) is 19.5 Å². The van der Waals surface area contributed by atoms with Crippen molar-refractivity contribution in [1.82, 2.24) is 9.80 Å². The fourth-order valence-corrected chi connectivity index (χ4v) is 7.77. The van der Waals surface area contributed by atoms with E-state index in [2.05, 4.69) is 13.8 Å². The van der Waals surface area contributed by atoms with E-state index in [9.17, 15) is 14.4 Å². The fourth-order valence-electron chi connectivity index (χ4n) is 5.77. The summed E-state index contributed by atoms with van der Waals surface area (Å²) in [6.45, 7) is 5.50. The summed E-state index contributed by atoms with van der Waals surface area (Å²) >= 11 is 1.58. The second-order valence-electron chi connectivity index (χ2n) is 9.25. The Hall–Kier alpha value is -1.80. The molecule has 0 aliphatic carbocycles. The van der Waals surface area contributed by atoms with E-state index < -0.39 is 22.6 Å². The van der Waals surface area contributed by atoms with Crippen LogP contribution in [0.3, 0.4) is 0 Å². The van der Waals surface area contributed by atoms with Gasteiger partial charge in [-0.05, 0) is 32.6 Å². The summed E-state index contributed by atoms with van der Waals surface area (Å²) < 4.78 is 4.63. The number of unbranched alkanes of at least 4 members (excludes halogenated alkanes) is 2. The number of aliphatic hydroxyl groups excluding tert-OH is 1. The molecular formula is C24H34N2O5S. The third-order valence-electron chi connectivity index (χ3n) is 7.24. The van der Waals surface area contributed by atoms with E-state index in [-0.39, 0.29) is 42.3 Å². The molecule has 2 unspecified atom stereocenters. The van der Waals surface area contributed by atoms with Gasteiger partial charge in [0.1, 0.15) is 12.6 Å². The highest BCUT2D eigenvalue weighted by atomic mass is 32.2. The molecule has 0 saturated carbocycles. The monoisotopic (exact) mass is 462 g/mol. The minimum Gasteiger partial charge on any atom is -0.461 e. The number of carbonyl (C=O) groups excluding carboxylic acids is 3. The third kappa shape index (κ3) is 3.79. The summed E-state index contributed by atoms with van der Waals surface area (Å²) in [4.78, 5) is 44.3. The van der Waals surface area contributed by atoms with Crippen LogP contribution in [0.25, 0.3) is 0 Å². The summed E-state index contributed by atoms with van der Waals surface area (Å²) in [6.07, 6.45) is 11.9. The van der Waals surface area contributed by atoms with Crippen LogP contribution in [0.5, 0.6) is 0 Å². The number of rotatable bonds is 8. The maximum Gasteiger partial charge on any atom is 0.311 e. The van der Waals surface area contributed by atoms with Crippen LogP contribution in [0, 0.1) is 11.8 Å². The smallest absolute Gasteiger partial charge is 0.311 e. The van der Waals surface area contributed by atoms with Crippen LogP contribution in [0.1, 0.15) is 46.0 Å². The van der Waals surface area contributed by atoms with Gasteiger partial charge in [-0.25, -0.2) is 0 Å². The van der Waals surface area contributed by atoms with E-state index in [1.165, 1.54) is 0 Å². The maximum atomic E-state index is 14.0. The number of ether oxygens (including phenoxy) is 1. The number of carbonyl (C=O) groups is 3. The number of amides is 2. The molecule has 2 fully saturated rings. The topological polar surface area (TPSA) is 87.2 Å². The Morgan fingerprint density at radius 1 is 1.22 bits per heavy atom. The van der Waals surface area contributed by atoms with Crippen molar-refractivity contribution in [1.29, 1.82) is 0 Å². The van der Waals surface area contributed by atoms with Crippen LogP contribution in [-0.4, -0.2) is 81.1 Å². The molecule has 2 saturated heterocycles. The van der Waals surface area contributed by atoms with Crippen LogP contribution >= 0.6 is 11.8 Å². The van der Waals surface area contributed by atoms with E-state index in [4.69, 9.17) is 9.84 Å². The Balaban J connectivity index is 1.73. The predicted molar refractivity (Wildman–Crippen MR) is 123 cm³/mol. The molecule has 32 heavy (non-hydrogen) atoms. The summed E-state index contributed by atoms with van der Waals surface area (Å²) in [7, 11) is 0. The van der Waals surface area contributed by atoms with E-state index in [0.717, 1.165) is 25.7 Å². The number of nitrogens with zero attached hydrogens (tertiary/aromatic N) is 2. The number of aliphatic hydroxyl groups is 1. The van der Waals surface area contributed by atoms with Gasteiger partial charge in [0.2, 0.25) is 11.8 Å². The zero-order chi connectivity index (χ0) is 22.9. The van der Waals surface area contributed by atoms with Crippen LogP contribution < -0.4 is 0 Å². The molecule has 4 aliphatic rings. The number of thioether (sulfide) groups is 1. The minimum atomic E-state index is -0.762. The molecule has 0 aromatic heterocycles. The molecule has 0 aromatic rings. The van der Waals surface area contributed by atoms with Gasteiger partial charge in [-0.15, -0.1) is 11.8 Å². The second-order valence-corrected chi connectivity index (χ2v) is 10.7. The third-order valence-corrected chi connectivity index (χ3v) is 8.98. The van der Waals surface area contributed by atoms with Crippen LogP contribution in [0.4, 0.5) is 0 Å². The molecule has 0 bridgehead atoms. The van der Waals surface area contributed by atoms with Gasteiger partial charge in [-0.1, -0.05) is 37.6 Å². The number of likely N-dealkylation sites (tertiary alicyclic amines) is 1. The molecule has 7 nitrogen and oxygen atoms in total. The maximum absolute atomic E-state index is 14.0. The van der Waals surface area contributed by atoms with Gasteiger partial charge in [0.25, 0.3) is 0 Å². The SMILES string of the molecule is CCCC(C)N1CC=C[C@]23S[C@@H]4C=CCOC(=O)[C@@H]4[C@H]2C(=O)N(CCCCCO)C3C1=O. The van der Waals surface area contributed by atoms with Gasteiger partial charge >= 0.3 is 5.97 Å². The van der Waals surface area contributed by atoms with Crippen molar-refractivity contribution in [2.75, 3.05) is 26.3 Å². The zero-order valence-electron chi connectivity index (χ0n) is 18.9. The average Bonchev–Trinajstić information content (AvgIpc) is 3.05. The first kappa shape index (κ1) is 23.4. The highest BCUT2D eigenvalue weighted by molar-refractivity contribution is 8.02. The predicted octanol–water partition coefficient (Wildman–Crippen LogP) is 2.15. The summed E-state index contributed by atoms with van der Waals surface area (Å²) in [5, 5.41) is 8.96. The molecule has 4 aliphatic heterocycles. The lowest BCUT2D eigenvalue weighted by molar-refractivity contribution is -0.151. The quantitative estimate of drug-likeness (QED) is 0.338. The molecule has 2 amide bonds. The molecule has 1 N–H and O–H groups in total. The number of cyclic esters (lactones) is 1. The van der Waals surface area contributed by atoms with Crippen molar-refractivity contribution >= 4 is 29.5 Å². The van der Waals surface area contributed by atoms with E-state index in [1.807, 2.05) is 29.2 Å². The highest BCUT2D eigenvalue weighted by Gasteiger charge is 2.71. The van der Waals surface area contributed by atoms with Gasteiger partial charge in [-0.2, -0.15) is 0 Å². The van der Waals surface area contributed by atoms with Crippen molar-refractivity contribution in [2.24, 2.45) is 11.8 Å². The Kier molecular flexibility index (Phi) is 7.00. The van der Waals surface area contributed by atoms with Gasteiger partial charge in [-0.3, -0.25) is 14.4 Å². The van der Waals surface area contributed by atoms with E-state index in [1.54, 1.807) is 16.7 Å². The van der Waals surface area contributed by atoms with Crippen molar-refractivity contribution < 1.29 is 24.2 Å². The Labute approximate surface area is 194 Å². The number of fused-ring (bicyclic) bond motifs is 2. The lowest BCUT2D eigenvalue weighted by atomic mass is 9.78. The van der Waals surface area contributed by atoms with Crippen molar-refractivity contribution in [2.45, 2.75) is 68.0 Å². The second kappa shape index (κ2) is 9.59. The lowest BCUT2D eigenvalue weighted by Crippen LogP contribution is -2.55. The van der Waals surface area contributed by atoms with Crippen LogP contribution in [0.15, 0.2) is 24.3 Å². The normalized spacial score (nSPS) is 34.7. The summed E-state index contributed by atoms with van der Waals surface area (Å²) in [5.41, 5.74) is 0. The summed E-state index contributed by atoms with van der Waals surface area (Å²) in [5.74, 6) is -1.65. The Bertz CT molecular complexity index is 814. The number of hydrogen-bond donors (Lipinski definition) is 1. The number of esters is 1.